The van der Waals surface area contributed by atoms with E-state index in [9.17, 15) is 0 Å². The zero-order valence-corrected chi connectivity index (χ0v) is 17.4. The van der Waals surface area contributed by atoms with E-state index in [0.29, 0.717) is 6.04 Å². The van der Waals surface area contributed by atoms with Gasteiger partial charge in [-0.2, -0.15) is 0 Å². The first-order chi connectivity index (χ1) is 13.3. The normalized spacial score (nSPS) is 19.4. The molecule has 27 heavy (non-hydrogen) atoms. The number of aliphatic imine (C=N–C) groups is 1. The molecular formula is C20H34N6S. The molecule has 150 valence electrons. The van der Waals surface area contributed by atoms with Crippen LogP contribution in [0.3, 0.4) is 0 Å². The average Bonchev–Trinajstić information content (AvgIpc) is 3.35. The summed E-state index contributed by atoms with van der Waals surface area (Å²) in [6, 6.07) is 0.505. The van der Waals surface area contributed by atoms with Gasteiger partial charge in [0.1, 0.15) is 0 Å². The number of thiazole rings is 1. The van der Waals surface area contributed by atoms with Gasteiger partial charge in [-0.05, 0) is 32.6 Å². The maximum Gasteiger partial charge on any atom is 0.191 e. The van der Waals surface area contributed by atoms with Crippen molar-refractivity contribution in [3.8, 4) is 0 Å². The third-order valence-electron chi connectivity index (χ3n) is 5.21. The third kappa shape index (κ3) is 6.21. The predicted molar refractivity (Wildman–Crippen MR) is 116 cm³/mol. The second-order valence-corrected chi connectivity index (χ2v) is 8.17. The van der Waals surface area contributed by atoms with Crippen molar-refractivity contribution < 1.29 is 0 Å². The summed E-state index contributed by atoms with van der Waals surface area (Å²) in [6.07, 6.45) is 7.80. The summed E-state index contributed by atoms with van der Waals surface area (Å²) in [5, 5.41) is 10.4. The molecule has 0 unspecified atom stereocenters. The van der Waals surface area contributed by atoms with Crippen LogP contribution in [0.1, 0.15) is 38.3 Å². The lowest BCUT2D eigenvalue weighted by molar-refractivity contribution is 0.225. The highest BCUT2D eigenvalue weighted by molar-refractivity contribution is 7.13. The molecule has 2 N–H and O–H groups in total. The molecule has 0 aromatic carbocycles. The van der Waals surface area contributed by atoms with Crippen molar-refractivity contribution in [2.75, 3.05) is 50.7 Å². The third-order valence-corrected chi connectivity index (χ3v) is 6.16. The lowest BCUT2D eigenvalue weighted by atomic mass is 10.1. The van der Waals surface area contributed by atoms with Crippen LogP contribution in [0, 0.1) is 0 Å². The van der Waals surface area contributed by atoms with Gasteiger partial charge in [0.05, 0.1) is 5.69 Å². The van der Waals surface area contributed by atoms with E-state index in [4.69, 9.17) is 9.98 Å². The Labute approximate surface area is 167 Å². The van der Waals surface area contributed by atoms with E-state index in [1.54, 1.807) is 11.3 Å². The lowest BCUT2D eigenvalue weighted by Gasteiger charge is -2.32. The first kappa shape index (κ1) is 20.1. The topological polar surface area (TPSA) is 55.8 Å². The van der Waals surface area contributed by atoms with E-state index in [2.05, 4.69) is 39.3 Å². The number of nitrogens with one attached hydrogen (secondary N) is 2. The summed E-state index contributed by atoms with van der Waals surface area (Å²) in [6.45, 7) is 13.2. The maximum atomic E-state index is 4.80. The lowest BCUT2D eigenvalue weighted by Crippen LogP contribution is -2.48. The fourth-order valence-corrected chi connectivity index (χ4v) is 4.62. The SMILES string of the molecule is C=CCN1CCC(NC(=NCCc2csc(N3CCCC3)n2)NCC)CC1. The first-order valence-corrected chi connectivity index (χ1v) is 11.2. The maximum absolute atomic E-state index is 4.80. The molecule has 0 radical (unpaired) electrons. The number of nitrogens with zero attached hydrogens (tertiary/aromatic N) is 4. The fourth-order valence-electron chi connectivity index (χ4n) is 3.70. The van der Waals surface area contributed by atoms with Gasteiger partial charge in [-0.3, -0.25) is 9.89 Å². The molecule has 1 aromatic heterocycles. The van der Waals surface area contributed by atoms with E-state index >= 15 is 0 Å². The number of aromatic nitrogens is 1. The van der Waals surface area contributed by atoms with Crippen LogP contribution >= 0.6 is 11.3 Å². The Morgan fingerprint density at radius 1 is 1.33 bits per heavy atom. The quantitative estimate of drug-likeness (QED) is 0.406. The van der Waals surface area contributed by atoms with Crippen molar-refractivity contribution in [1.29, 1.82) is 0 Å². The van der Waals surface area contributed by atoms with Gasteiger partial charge < -0.3 is 15.5 Å². The van der Waals surface area contributed by atoms with Gasteiger partial charge in [-0.15, -0.1) is 17.9 Å². The highest BCUT2D eigenvalue weighted by Gasteiger charge is 2.19. The standard InChI is InChI=1S/C20H34N6S/c1-3-11-25-14-8-17(9-15-25)23-19(21-4-2)22-10-7-18-16-27-20(24-18)26-12-5-6-13-26/h3,16-17H,1,4-15H2,2H3,(H2,21,22,23). The molecule has 3 heterocycles. The Kier molecular flexibility index (Phi) is 7.95. The van der Waals surface area contributed by atoms with Crippen molar-refractivity contribution in [2.24, 2.45) is 4.99 Å². The Bertz CT molecular complexity index is 599. The predicted octanol–water partition coefficient (Wildman–Crippen LogP) is 2.49. The summed E-state index contributed by atoms with van der Waals surface area (Å²) >= 11 is 1.77. The van der Waals surface area contributed by atoms with E-state index in [-0.39, 0.29) is 0 Å². The zero-order chi connectivity index (χ0) is 18.9. The van der Waals surface area contributed by atoms with Crippen LogP contribution in [0.2, 0.25) is 0 Å². The molecule has 0 atom stereocenters. The van der Waals surface area contributed by atoms with Gasteiger partial charge in [-0.25, -0.2) is 4.98 Å². The van der Waals surface area contributed by atoms with E-state index in [1.807, 2.05) is 6.08 Å². The highest BCUT2D eigenvalue weighted by atomic mass is 32.1. The smallest absolute Gasteiger partial charge is 0.191 e. The number of hydrogen-bond donors (Lipinski definition) is 2. The molecule has 0 saturated carbocycles. The van der Waals surface area contributed by atoms with Crippen LogP contribution in [0.15, 0.2) is 23.0 Å². The van der Waals surface area contributed by atoms with Crippen molar-refractivity contribution in [1.82, 2.24) is 20.5 Å². The van der Waals surface area contributed by atoms with Crippen LogP contribution in [-0.2, 0) is 6.42 Å². The molecule has 0 bridgehead atoms. The summed E-state index contributed by atoms with van der Waals surface area (Å²) in [7, 11) is 0. The van der Waals surface area contributed by atoms with Crippen molar-refractivity contribution in [3.63, 3.8) is 0 Å². The molecule has 2 aliphatic heterocycles. The van der Waals surface area contributed by atoms with Crippen LogP contribution in [0.4, 0.5) is 5.13 Å². The van der Waals surface area contributed by atoms with Crippen molar-refractivity contribution >= 4 is 22.4 Å². The molecule has 0 aliphatic carbocycles. The number of piperidine rings is 1. The average molecular weight is 391 g/mol. The molecule has 0 amide bonds. The number of likely N-dealkylation sites (tertiary alicyclic amines) is 1. The zero-order valence-electron chi connectivity index (χ0n) is 16.6. The summed E-state index contributed by atoms with van der Waals surface area (Å²) in [5.74, 6) is 0.940. The van der Waals surface area contributed by atoms with Gasteiger partial charge in [0.2, 0.25) is 0 Å². The summed E-state index contributed by atoms with van der Waals surface area (Å²) < 4.78 is 0. The second-order valence-electron chi connectivity index (χ2n) is 7.33. The van der Waals surface area contributed by atoms with Gasteiger partial charge in [0, 0.05) is 63.7 Å². The number of rotatable bonds is 8. The van der Waals surface area contributed by atoms with E-state index in [0.717, 1.165) is 71.0 Å². The van der Waals surface area contributed by atoms with Gasteiger partial charge >= 0.3 is 0 Å². The second kappa shape index (κ2) is 10.7. The minimum absolute atomic E-state index is 0.505. The van der Waals surface area contributed by atoms with E-state index in [1.165, 1.54) is 23.7 Å². The van der Waals surface area contributed by atoms with E-state index < -0.39 is 0 Å². The van der Waals surface area contributed by atoms with Crippen LogP contribution in [0.25, 0.3) is 0 Å². The van der Waals surface area contributed by atoms with Gasteiger partial charge in [0.15, 0.2) is 11.1 Å². The molecule has 2 saturated heterocycles. The highest BCUT2D eigenvalue weighted by Crippen LogP contribution is 2.24. The largest absolute Gasteiger partial charge is 0.357 e. The number of guanidine groups is 1. The fraction of sp³-hybridized carbons (Fsp3) is 0.700. The summed E-state index contributed by atoms with van der Waals surface area (Å²) in [4.78, 5) is 14.4. The van der Waals surface area contributed by atoms with Gasteiger partial charge in [0.25, 0.3) is 0 Å². The molecule has 3 rings (SSSR count). The van der Waals surface area contributed by atoms with Crippen LogP contribution < -0.4 is 15.5 Å². The summed E-state index contributed by atoms with van der Waals surface area (Å²) in [5.41, 5.74) is 1.17. The molecule has 2 aliphatic rings. The molecule has 7 heteroatoms. The molecule has 0 spiro atoms. The molecule has 2 fully saturated rings. The Morgan fingerprint density at radius 2 is 2.11 bits per heavy atom. The molecule has 6 nitrogen and oxygen atoms in total. The first-order valence-electron chi connectivity index (χ1n) is 10.4. The van der Waals surface area contributed by atoms with Crippen LogP contribution in [-0.4, -0.2) is 67.7 Å². The Hall–Kier alpha value is -1.60. The Morgan fingerprint density at radius 3 is 2.81 bits per heavy atom. The van der Waals surface area contributed by atoms with Crippen molar-refractivity contribution in [2.45, 2.75) is 45.1 Å². The molecule has 1 aromatic rings. The Balaban J connectivity index is 1.45. The van der Waals surface area contributed by atoms with Crippen molar-refractivity contribution in [3.05, 3.63) is 23.7 Å². The van der Waals surface area contributed by atoms with Crippen LogP contribution in [0.5, 0.6) is 0 Å². The monoisotopic (exact) mass is 390 g/mol. The van der Waals surface area contributed by atoms with Gasteiger partial charge in [-0.1, -0.05) is 6.08 Å². The number of hydrogen-bond acceptors (Lipinski definition) is 5. The number of anilines is 1. The minimum atomic E-state index is 0.505. The molecular weight excluding hydrogens is 356 g/mol. The minimum Gasteiger partial charge on any atom is -0.357 e.